The maximum Gasteiger partial charge on any atom is 0.313 e. The number of imidazole rings is 1. The summed E-state index contributed by atoms with van der Waals surface area (Å²) in [5, 5.41) is 5.24. The Hall–Kier alpha value is -2.90. The van der Waals surface area contributed by atoms with Crippen molar-refractivity contribution in [2.24, 2.45) is 0 Å². The van der Waals surface area contributed by atoms with Crippen molar-refractivity contribution >= 4 is 17.5 Å². The normalized spacial score (nSPS) is 21.8. The number of benzene rings is 1. The second-order valence-corrected chi connectivity index (χ2v) is 7.36. The van der Waals surface area contributed by atoms with Gasteiger partial charge in [-0.2, -0.15) is 0 Å². The van der Waals surface area contributed by atoms with Gasteiger partial charge in [0.25, 0.3) is 0 Å². The average Bonchev–Trinajstić information content (AvgIpc) is 3.30. The molecule has 4 rings (SSSR count). The molecule has 2 N–H and O–H groups in total. The first kappa shape index (κ1) is 18.5. The van der Waals surface area contributed by atoms with Crippen LogP contribution in [0.2, 0.25) is 0 Å². The van der Waals surface area contributed by atoms with Crippen LogP contribution >= 0.6 is 0 Å². The molecule has 2 fully saturated rings. The van der Waals surface area contributed by atoms with E-state index in [1.54, 1.807) is 12.5 Å². The van der Waals surface area contributed by atoms with Gasteiger partial charge < -0.3 is 19.9 Å². The molecular formula is C20H23FN4O3. The van der Waals surface area contributed by atoms with Crippen molar-refractivity contribution < 1.29 is 18.7 Å². The van der Waals surface area contributed by atoms with Gasteiger partial charge in [0.05, 0.1) is 24.5 Å². The van der Waals surface area contributed by atoms with Gasteiger partial charge in [0, 0.05) is 24.1 Å². The molecule has 0 aliphatic heterocycles. The molecule has 1 aromatic heterocycles. The maximum atomic E-state index is 14.2. The Balaban J connectivity index is 1.34. The van der Waals surface area contributed by atoms with E-state index in [2.05, 4.69) is 15.6 Å². The number of ether oxygens (including phenoxy) is 1. The lowest BCUT2D eigenvalue weighted by Gasteiger charge is -2.26. The van der Waals surface area contributed by atoms with Gasteiger partial charge in [-0.1, -0.05) is 0 Å². The highest BCUT2D eigenvalue weighted by molar-refractivity contribution is 6.39. The molecule has 2 aromatic rings. The third kappa shape index (κ3) is 4.00. The minimum absolute atomic E-state index is 0.0653. The summed E-state index contributed by atoms with van der Waals surface area (Å²) in [6.07, 6.45) is 10.9. The lowest BCUT2D eigenvalue weighted by atomic mass is 9.96. The second-order valence-electron chi connectivity index (χ2n) is 7.36. The quantitative estimate of drug-likeness (QED) is 0.774. The third-order valence-corrected chi connectivity index (χ3v) is 5.45. The number of halogens is 1. The highest BCUT2D eigenvalue weighted by Gasteiger charge is 2.31. The molecule has 0 spiro atoms. The van der Waals surface area contributed by atoms with Crippen LogP contribution in [0.4, 0.5) is 10.1 Å². The molecule has 0 bridgehead atoms. The number of amides is 2. The van der Waals surface area contributed by atoms with Crippen LogP contribution in [0, 0.1) is 5.82 Å². The van der Waals surface area contributed by atoms with E-state index in [0.717, 1.165) is 38.5 Å². The Labute approximate surface area is 162 Å². The van der Waals surface area contributed by atoms with Crippen LogP contribution in [0.1, 0.15) is 44.6 Å². The van der Waals surface area contributed by atoms with Crippen molar-refractivity contribution in [1.82, 2.24) is 14.9 Å². The highest BCUT2D eigenvalue weighted by Crippen LogP contribution is 2.30. The summed E-state index contributed by atoms with van der Waals surface area (Å²) in [5.74, 6) is -1.93. The van der Waals surface area contributed by atoms with Gasteiger partial charge in [-0.05, 0) is 50.7 Å². The molecule has 0 unspecified atom stereocenters. The van der Waals surface area contributed by atoms with Crippen LogP contribution in [-0.4, -0.2) is 33.5 Å². The number of nitrogens with zero attached hydrogens (tertiary/aromatic N) is 2. The molecule has 1 aromatic carbocycles. The van der Waals surface area contributed by atoms with Crippen molar-refractivity contribution in [3.63, 3.8) is 0 Å². The van der Waals surface area contributed by atoms with E-state index in [0.29, 0.717) is 0 Å². The van der Waals surface area contributed by atoms with E-state index in [-0.39, 0.29) is 29.6 Å². The fourth-order valence-corrected chi connectivity index (χ4v) is 3.70. The van der Waals surface area contributed by atoms with Crippen molar-refractivity contribution in [3.8, 4) is 5.75 Å². The largest absolute Gasteiger partial charge is 0.487 e. The van der Waals surface area contributed by atoms with E-state index in [1.807, 2.05) is 10.8 Å². The summed E-state index contributed by atoms with van der Waals surface area (Å²) < 4.78 is 21.7. The standard InChI is InChI=1S/C20H23FN4O3/c21-15-11-13(7-8-18(15)28-14-3-1-4-14)23-19(26)20(27)24-16-5-2-6-17(16)25-10-9-22-12-25/h7-12,14,16-17H,1-6H2,(H,23,26)(H,24,27)/t16-,17-/m0/s1. The Morgan fingerprint density at radius 1 is 1.14 bits per heavy atom. The molecule has 2 atom stereocenters. The number of hydrogen-bond donors (Lipinski definition) is 2. The minimum atomic E-state index is -0.816. The van der Waals surface area contributed by atoms with E-state index >= 15 is 0 Å². The molecule has 0 radical (unpaired) electrons. The van der Waals surface area contributed by atoms with Gasteiger partial charge in [0.15, 0.2) is 11.6 Å². The minimum Gasteiger partial charge on any atom is -0.487 e. The van der Waals surface area contributed by atoms with E-state index < -0.39 is 17.6 Å². The van der Waals surface area contributed by atoms with Crippen molar-refractivity contribution in [3.05, 3.63) is 42.7 Å². The Morgan fingerprint density at radius 2 is 1.96 bits per heavy atom. The Kier molecular flexibility index (Phi) is 5.27. The zero-order chi connectivity index (χ0) is 19.5. The van der Waals surface area contributed by atoms with Gasteiger partial charge in [-0.25, -0.2) is 9.37 Å². The average molecular weight is 386 g/mol. The number of anilines is 1. The summed E-state index contributed by atoms with van der Waals surface area (Å²) in [7, 11) is 0. The third-order valence-electron chi connectivity index (χ3n) is 5.45. The molecule has 0 saturated heterocycles. The van der Waals surface area contributed by atoms with Crippen LogP contribution in [0.25, 0.3) is 0 Å². The first-order valence-electron chi connectivity index (χ1n) is 9.65. The molecule has 2 aliphatic carbocycles. The number of rotatable bonds is 5. The maximum absolute atomic E-state index is 14.2. The molecule has 1 heterocycles. The van der Waals surface area contributed by atoms with Crippen molar-refractivity contribution in [1.29, 1.82) is 0 Å². The molecule has 8 heteroatoms. The zero-order valence-corrected chi connectivity index (χ0v) is 15.4. The number of carbonyl (C=O) groups excluding carboxylic acids is 2. The predicted molar refractivity (Wildman–Crippen MR) is 100 cm³/mol. The van der Waals surface area contributed by atoms with Gasteiger partial charge in [0.2, 0.25) is 0 Å². The fourth-order valence-electron chi connectivity index (χ4n) is 3.70. The molecule has 148 valence electrons. The van der Waals surface area contributed by atoms with Crippen LogP contribution in [0.15, 0.2) is 36.9 Å². The summed E-state index contributed by atoms with van der Waals surface area (Å²) in [6, 6.07) is 4.13. The summed E-state index contributed by atoms with van der Waals surface area (Å²) in [4.78, 5) is 28.6. The monoisotopic (exact) mass is 386 g/mol. The van der Waals surface area contributed by atoms with E-state index in [1.165, 1.54) is 18.2 Å². The molecule has 28 heavy (non-hydrogen) atoms. The highest BCUT2D eigenvalue weighted by atomic mass is 19.1. The summed E-state index contributed by atoms with van der Waals surface area (Å²) >= 11 is 0. The molecule has 2 amide bonds. The SMILES string of the molecule is O=C(Nc1ccc(OC2CCC2)c(F)c1)C(=O)N[C@H]1CCC[C@@H]1n1ccnc1. The number of carbonyl (C=O) groups is 2. The number of nitrogens with one attached hydrogen (secondary N) is 2. The van der Waals surface area contributed by atoms with Gasteiger partial charge in [-0.3, -0.25) is 9.59 Å². The summed E-state index contributed by atoms with van der Waals surface area (Å²) in [5.41, 5.74) is 0.219. The lowest BCUT2D eigenvalue weighted by molar-refractivity contribution is -0.136. The van der Waals surface area contributed by atoms with Crippen LogP contribution in [0.5, 0.6) is 5.75 Å². The topological polar surface area (TPSA) is 85.2 Å². The molecular weight excluding hydrogens is 363 g/mol. The number of hydrogen-bond acceptors (Lipinski definition) is 4. The van der Waals surface area contributed by atoms with Crippen LogP contribution < -0.4 is 15.4 Å². The van der Waals surface area contributed by atoms with Crippen LogP contribution in [0.3, 0.4) is 0 Å². The van der Waals surface area contributed by atoms with Gasteiger partial charge in [0.1, 0.15) is 0 Å². The molecule has 7 nitrogen and oxygen atoms in total. The zero-order valence-electron chi connectivity index (χ0n) is 15.4. The Morgan fingerprint density at radius 3 is 2.64 bits per heavy atom. The summed E-state index contributed by atoms with van der Waals surface area (Å²) in [6.45, 7) is 0. The lowest BCUT2D eigenvalue weighted by Crippen LogP contribution is -2.43. The Bertz CT molecular complexity index is 851. The van der Waals surface area contributed by atoms with Crippen LogP contribution in [-0.2, 0) is 9.59 Å². The fraction of sp³-hybridized carbons (Fsp3) is 0.450. The smallest absolute Gasteiger partial charge is 0.313 e. The van der Waals surface area contributed by atoms with Crippen molar-refractivity contribution in [2.45, 2.75) is 56.7 Å². The van der Waals surface area contributed by atoms with Gasteiger partial charge >= 0.3 is 11.8 Å². The number of aromatic nitrogens is 2. The molecule has 2 saturated carbocycles. The first-order valence-corrected chi connectivity index (χ1v) is 9.65. The predicted octanol–water partition coefficient (Wildman–Crippen LogP) is 2.80. The second kappa shape index (κ2) is 8.00. The van der Waals surface area contributed by atoms with Crippen molar-refractivity contribution in [2.75, 3.05) is 5.32 Å². The van der Waals surface area contributed by atoms with E-state index in [4.69, 9.17) is 4.74 Å². The van der Waals surface area contributed by atoms with Gasteiger partial charge in [-0.15, -0.1) is 0 Å². The van der Waals surface area contributed by atoms with E-state index in [9.17, 15) is 14.0 Å². The first-order chi connectivity index (χ1) is 13.6. The molecule has 2 aliphatic rings.